The molecule has 1 heterocycles. The summed E-state index contributed by atoms with van der Waals surface area (Å²) in [6.45, 7) is 5.49. The molecular formula is C14H19N3O2. The van der Waals surface area contributed by atoms with Crippen LogP contribution in [0.15, 0.2) is 24.4 Å². The Morgan fingerprint density at radius 2 is 2.21 bits per heavy atom. The van der Waals surface area contributed by atoms with E-state index < -0.39 is 11.6 Å². The predicted octanol–water partition coefficient (Wildman–Crippen LogP) is 1.77. The Morgan fingerprint density at radius 3 is 2.89 bits per heavy atom. The van der Waals surface area contributed by atoms with E-state index in [-0.39, 0.29) is 5.97 Å². The van der Waals surface area contributed by atoms with E-state index in [1.54, 1.807) is 6.20 Å². The predicted molar refractivity (Wildman–Crippen MR) is 73.6 cm³/mol. The molecule has 0 amide bonds. The van der Waals surface area contributed by atoms with Crippen LogP contribution in [-0.2, 0) is 16.0 Å². The molecule has 3 N–H and O–H groups in total. The Labute approximate surface area is 112 Å². The fraction of sp³-hybridized carbons (Fsp3) is 0.429. The van der Waals surface area contributed by atoms with Gasteiger partial charge in [0.2, 0.25) is 0 Å². The third-order valence-electron chi connectivity index (χ3n) is 2.67. The number of nitrogens with one attached hydrogen (secondary N) is 1. The maximum atomic E-state index is 11.8. The minimum absolute atomic E-state index is 0.375. The molecule has 19 heavy (non-hydrogen) atoms. The molecule has 0 aliphatic carbocycles. The summed E-state index contributed by atoms with van der Waals surface area (Å²) >= 11 is 0. The van der Waals surface area contributed by atoms with E-state index in [0.29, 0.717) is 6.42 Å². The Bertz CT molecular complexity index is 584. The summed E-state index contributed by atoms with van der Waals surface area (Å²) in [7, 11) is 0. The van der Waals surface area contributed by atoms with Crippen molar-refractivity contribution in [3.63, 3.8) is 0 Å². The molecule has 0 aliphatic heterocycles. The molecule has 0 aliphatic rings. The van der Waals surface area contributed by atoms with Gasteiger partial charge in [0.25, 0.3) is 0 Å². The highest BCUT2D eigenvalue weighted by Gasteiger charge is 2.22. The molecule has 2 aromatic rings. The van der Waals surface area contributed by atoms with Crippen molar-refractivity contribution in [2.24, 2.45) is 5.73 Å². The number of aromatic nitrogens is 2. The summed E-state index contributed by atoms with van der Waals surface area (Å²) < 4.78 is 5.26. The van der Waals surface area contributed by atoms with Crippen molar-refractivity contribution in [1.82, 2.24) is 10.2 Å². The minimum Gasteiger partial charge on any atom is -0.459 e. The van der Waals surface area contributed by atoms with Crippen LogP contribution in [0.25, 0.3) is 10.9 Å². The van der Waals surface area contributed by atoms with Crippen LogP contribution in [0, 0.1) is 0 Å². The number of carbonyl (C=O) groups excluding carboxylic acids is 1. The van der Waals surface area contributed by atoms with Crippen molar-refractivity contribution in [3.05, 3.63) is 30.0 Å². The lowest BCUT2D eigenvalue weighted by Crippen LogP contribution is -2.38. The van der Waals surface area contributed by atoms with Gasteiger partial charge in [0, 0.05) is 5.39 Å². The van der Waals surface area contributed by atoms with Gasteiger partial charge in [-0.2, -0.15) is 5.10 Å². The summed E-state index contributed by atoms with van der Waals surface area (Å²) in [4.78, 5) is 11.8. The number of carbonyl (C=O) groups is 1. The number of nitrogens with two attached hydrogens (primary N) is 1. The van der Waals surface area contributed by atoms with E-state index in [4.69, 9.17) is 10.5 Å². The fourth-order valence-corrected chi connectivity index (χ4v) is 1.83. The molecule has 5 heteroatoms. The summed E-state index contributed by atoms with van der Waals surface area (Å²) in [6.07, 6.45) is 2.20. The number of benzene rings is 1. The zero-order chi connectivity index (χ0) is 14.0. The van der Waals surface area contributed by atoms with E-state index in [1.807, 2.05) is 39.0 Å². The van der Waals surface area contributed by atoms with Gasteiger partial charge in [-0.1, -0.05) is 6.07 Å². The number of rotatable bonds is 3. The van der Waals surface area contributed by atoms with Crippen molar-refractivity contribution < 1.29 is 9.53 Å². The molecule has 0 radical (unpaired) electrons. The van der Waals surface area contributed by atoms with Gasteiger partial charge in [0.15, 0.2) is 0 Å². The van der Waals surface area contributed by atoms with Gasteiger partial charge in [0.05, 0.1) is 11.7 Å². The van der Waals surface area contributed by atoms with Crippen molar-refractivity contribution in [2.45, 2.75) is 38.8 Å². The van der Waals surface area contributed by atoms with Crippen LogP contribution >= 0.6 is 0 Å². The monoisotopic (exact) mass is 261 g/mol. The number of hydrogen-bond acceptors (Lipinski definition) is 4. The standard InChI is InChI=1S/C14H19N3O2/c1-14(2,3)19-13(18)11(15)7-9-4-5-12-10(6-9)8-16-17-12/h4-6,8,11H,7,15H2,1-3H3,(H,16,17). The van der Waals surface area contributed by atoms with E-state index >= 15 is 0 Å². The molecule has 5 nitrogen and oxygen atoms in total. The van der Waals surface area contributed by atoms with Crippen LogP contribution in [0.3, 0.4) is 0 Å². The molecular weight excluding hydrogens is 242 g/mol. The van der Waals surface area contributed by atoms with Crippen molar-refractivity contribution in [1.29, 1.82) is 0 Å². The van der Waals surface area contributed by atoms with Gasteiger partial charge in [-0.15, -0.1) is 0 Å². The van der Waals surface area contributed by atoms with Crippen LogP contribution in [0.2, 0.25) is 0 Å². The van der Waals surface area contributed by atoms with Gasteiger partial charge >= 0.3 is 5.97 Å². The van der Waals surface area contributed by atoms with Crippen LogP contribution in [-0.4, -0.2) is 27.8 Å². The first-order valence-corrected chi connectivity index (χ1v) is 6.25. The Balaban J connectivity index is 2.05. The summed E-state index contributed by atoms with van der Waals surface area (Å²) in [5, 5.41) is 7.85. The van der Waals surface area contributed by atoms with E-state index in [1.165, 1.54) is 0 Å². The van der Waals surface area contributed by atoms with Crippen LogP contribution < -0.4 is 5.73 Å². The molecule has 0 saturated heterocycles. The second-order valence-corrected chi connectivity index (χ2v) is 5.64. The van der Waals surface area contributed by atoms with E-state index in [9.17, 15) is 4.79 Å². The number of aromatic amines is 1. The first-order valence-electron chi connectivity index (χ1n) is 6.25. The molecule has 1 aromatic heterocycles. The Morgan fingerprint density at radius 1 is 1.47 bits per heavy atom. The maximum absolute atomic E-state index is 11.8. The Hall–Kier alpha value is -1.88. The average molecular weight is 261 g/mol. The topological polar surface area (TPSA) is 81.0 Å². The van der Waals surface area contributed by atoms with Crippen LogP contribution in [0.4, 0.5) is 0 Å². The Kier molecular flexibility index (Phi) is 3.57. The summed E-state index contributed by atoms with van der Waals surface area (Å²) in [5.74, 6) is -0.375. The second kappa shape index (κ2) is 5.01. The fourth-order valence-electron chi connectivity index (χ4n) is 1.83. The third-order valence-corrected chi connectivity index (χ3v) is 2.67. The second-order valence-electron chi connectivity index (χ2n) is 5.64. The smallest absolute Gasteiger partial charge is 0.323 e. The normalized spacial score (nSPS) is 13.5. The minimum atomic E-state index is -0.649. The SMILES string of the molecule is CC(C)(C)OC(=O)C(N)Cc1ccc2[nH]ncc2c1. The van der Waals surface area contributed by atoms with Crippen molar-refractivity contribution >= 4 is 16.9 Å². The number of fused-ring (bicyclic) bond motifs is 1. The molecule has 1 unspecified atom stereocenters. The zero-order valence-electron chi connectivity index (χ0n) is 11.4. The van der Waals surface area contributed by atoms with Crippen molar-refractivity contribution in [2.75, 3.05) is 0 Å². The quantitative estimate of drug-likeness (QED) is 0.825. The highest BCUT2D eigenvalue weighted by atomic mass is 16.6. The first-order chi connectivity index (χ1) is 8.85. The highest BCUT2D eigenvalue weighted by molar-refractivity contribution is 5.79. The van der Waals surface area contributed by atoms with Crippen LogP contribution in [0.5, 0.6) is 0 Å². The molecule has 102 valence electrons. The number of nitrogens with zero attached hydrogens (tertiary/aromatic N) is 1. The number of esters is 1. The van der Waals surface area contributed by atoms with Crippen molar-refractivity contribution in [3.8, 4) is 0 Å². The molecule has 0 saturated carbocycles. The van der Waals surface area contributed by atoms with Gasteiger partial charge in [-0.3, -0.25) is 9.89 Å². The molecule has 0 bridgehead atoms. The van der Waals surface area contributed by atoms with Crippen LogP contribution in [0.1, 0.15) is 26.3 Å². The molecule has 1 atom stereocenters. The number of hydrogen-bond donors (Lipinski definition) is 2. The third kappa shape index (κ3) is 3.54. The molecule has 1 aromatic carbocycles. The lowest BCUT2D eigenvalue weighted by atomic mass is 10.0. The van der Waals surface area contributed by atoms with Gasteiger partial charge < -0.3 is 10.5 Å². The number of H-pyrrole nitrogens is 1. The summed E-state index contributed by atoms with van der Waals surface area (Å²) in [6, 6.07) is 5.19. The molecule has 2 rings (SSSR count). The molecule has 0 spiro atoms. The maximum Gasteiger partial charge on any atom is 0.323 e. The van der Waals surface area contributed by atoms with Gasteiger partial charge in [-0.25, -0.2) is 0 Å². The first kappa shape index (κ1) is 13.5. The largest absolute Gasteiger partial charge is 0.459 e. The number of ether oxygens (including phenoxy) is 1. The van der Waals surface area contributed by atoms with E-state index in [2.05, 4.69) is 10.2 Å². The average Bonchev–Trinajstić information content (AvgIpc) is 2.73. The van der Waals surface area contributed by atoms with Gasteiger partial charge in [-0.05, 0) is 44.9 Å². The van der Waals surface area contributed by atoms with E-state index in [0.717, 1.165) is 16.5 Å². The lowest BCUT2D eigenvalue weighted by molar-refractivity contribution is -0.156. The lowest BCUT2D eigenvalue weighted by Gasteiger charge is -2.22. The molecule has 0 fully saturated rings. The highest BCUT2D eigenvalue weighted by Crippen LogP contribution is 2.15. The van der Waals surface area contributed by atoms with Gasteiger partial charge in [0.1, 0.15) is 11.6 Å². The summed E-state index contributed by atoms with van der Waals surface area (Å²) in [5.41, 5.74) is 7.33. The zero-order valence-corrected chi connectivity index (χ0v) is 11.4.